The van der Waals surface area contributed by atoms with Crippen LogP contribution in [0.4, 0.5) is 5.69 Å². The van der Waals surface area contributed by atoms with Gasteiger partial charge in [-0.05, 0) is 52.2 Å². The van der Waals surface area contributed by atoms with E-state index in [-0.39, 0.29) is 27.2 Å². The summed E-state index contributed by atoms with van der Waals surface area (Å²) in [6, 6.07) is 24.0. The summed E-state index contributed by atoms with van der Waals surface area (Å²) in [5.41, 5.74) is 1.62. The molecule has 0 aromatic heterocycles. The quantitative estimate of drug-likeness (QED) is 0.192. The second-order valence-electron chi connectivity index (χ2n) is 7.69. The van der Waals surface area contributed by atoms with Crippen LogP contribution in [0.5, 0.6) is 11.5 Å². The highest BCUT2D eigenvalue weighted by Crippen LogP contribution is 2.38. The van der Waals surface area contributed by atoms with Gasteiger partial charge in [-0.1, -0.05) is 83.3 Å². The van der Waals surface area contributed by atoms with E-state index in [1.54, 1.807) is 30.3 Å². The SMILES string of the molecule is COc1cc(C=C(C#N)C(=O)Nc2cccc(Cl)c2Cl)cc(Cl)c1OCc1cccc2ccccc12. The maximum atomic E-state index is 12.7. The first kappa shape index (κ1) is 25.4. The van der Waals surface area contributed by atoms with Gasteiger partial charge in [-0.15, -0.1) is 0 Å². The zero-order valence-corrected chi connectivity index (χ0v) is 21.3. The number of hydrogen-bond donors (Lipinski definition) is 1. The van der Waals surface area contributed by atoms with E-state index in [2.05, 4.69) is 5.32 Å². The molecule has 0 aliphatic carbocycles. The van der Waals surface area contributed by atoms with Crippen molar-refractivity contribution in [3.05, 3.63) is 105 Å². The number of ether oxygens (including phenoxy) is 2. The van der Waals surface area contributed by atoms with Gasteiger partial charge in [-0.2, -0.15) is 5.26 Å². The molecule has 0 aliphatic heterocycles. The summed E-state index contributed by atoms with van der Waals surface area (Å²) < 4.78 is 11.5. The standard InChI is InChI=1S/C28H19Cl3N2O3/c1-35-25-14-17(12-20(15-32)28(34)33-24-11-5-10-22(29)26(24)31)13-23(30)27(25)36-16-19-8-4-7-18-6-2-3-9-21(18)19/h2-14H,16H2,1H3,(H,33,34). The molecule has 4 rings (SSSR count). The van der Waals surface area contributed by atoms with Crippen molar-refractivity contribution in [3.63, 3.8) is 0 Å². The number of carbonyl (C=O) groups is 1. The van der Waals surface area contributed by atoms with Crippen molar-refractivity contribution in [2.45, 2.75) is 6.61 Å². The van der Waals surface area contributed by atoms with Crippen LogP contribution >= 0.6 is 34.8 Å². The average Bonchev–Trinajstić information content (AvgIpc) is 2.88. The van der Waals surface area contributed by atoms with Crippen molar-refractivity contribution in [1.29, 1.82) is 5.26 Å². The zero-order chi connectivity index (χ0) is 25.7. The minimum Gasteiger partial charge on any atom is -0.493 e. The molecule has 180 valence electrons. The fourth-order valence-electron chi connectivity index (χ4n) is 3.64. The van der Waals surface area contributed by atoms with Gasteiger partial charge in [0.2, 0.25) is 0 Å². The first-order chi connectivity index (χ1) is 17.4. The van der Waals surface area contributed by atoms with E-state index >= 15 is 0 Å². The summed E-state index contributed by atoms with van der Waals surface area (Å²) in [7, 11) is 1.49. The van der Waals surface area contributed by atoms with Gasteiger partial charge in [-0.3, -0.25) is 4.79 Å². The Morgan fingerprint density at radius 1 is 1.00 bits per heavy atom. The molecule has 5 nitrogen and oxygen atoms in total. The molecule has 0 atom stereocenters. The number of benzene rings is 4. The molecule has 0 saturated heterocycles. The normalized spacial score (nSPS) is 11.1. The predicted octanol–water partition coefficient (Wildman–Crippen LogP) is 7.93. The van der Waals surface area contributed by atoms with Crippen LogP contribution in [-0.2, 0) is 11.4 Å². The summed E-state index contributed by atoms with van der Waals surface area (Å²) in [6.07, 6.45) is 1.40. The van der Waals surface area contributed by atoms with Gasteiger partial charge in [0, 0.05) is 0 Å². The monoisotopic (exact) mass is 536 g/mol. The first-order valence-corrected chi connectivity index (χ1v) is 11.9. The molecule has 0 heterocycles. The molecule has 0 spiro atoms. The molecule has 0 radical (unpaired) electrons. The number of nitrogens with zero attached hydrogens (tertiary/aromatic N) is 1. The molecule has 0 bridgehead atoms. The van der Waals surface area contributed by atoms with Crippen LogP contribution in [-0.4, -0.2) is 13.0 Å². The fourth-order valence-corrected chi connectivity index (χ4v) is 4.26. The highest BCUT2D eigenvalue weighted by Gasteiger charge is 2.16. The van der Waals surface area contributed by atoms with Crippen molar-refractivity contribution in [3.8, 4) is 17.6 Å². The van der Waals surface area contributed by atoms with Crippen LogP contribution in [0.1, 0.15) is 11.1 Å². The largest absolute Gasteiger partial charge is 0.493 e. The van der Waals surface area contributed by atoms with Crippen LogP contribution in [0.25, 0.3) is 16.8 Å². The number of hydrogen-bond acceptors (Lipinski definition) is 4. The Kier molecular flexibility index (Phi) is 8.02. The van der Waals surface area contributed by atoms with Crippen molar-refractivity contribution < 1.29 is 14.3 Å². The predicted molar refractivity (Wildman–Crippen MR) is 145 cm³/mol. The van der Waals surface area contributed by atoms with Gasteiger partial charge in [0.05, 0.1) is 27.9 Å². The third-order valence-electron chi connectivity index (χ3n) is 5.38. The maximum absolute atomic E-state index is 12.7. The Bertz CT molecular complexity index is 1520. The van der Waals surface area contributed by atoms with Gasteiger partial charge < -0.3 is 14.8 Å². The number of nitriles is 1. The summed E-state index contributed by atoms with van der Waals surface area (Å²) in [5.74, 6) is 0.0792. The molecule has 0 fully saturated rings. The van der Waals surface area contributed by atoms with Gasteiger partial charge >= 0.3 is 0 Å². The molecule has 8 heteroatoms. The van der Waals surface area contributed by atoms with Gasteiger partial charge in [0.25, 0.3) is 5.91 Å². The van der Waals surface area contributed by atoms with Crippen LogP contribution in [0.2, 0.25) is 15.1 Å². The lowest BCUT2D eigenvalue weighted by atomic mass is 10.1. The molecule has 4 aromatic rings. The summed E-state index contributed by atoms with van der Waals surface area (Å²) >= 11 is 18.7. The van der Waals surface area contributed by atoms with E-state index in [4.69, 9.17) is 44.3 Å². The molecule has 0 saturated carbocycles. The molecular formula is C28H19Cl3N2O3. The second kappa shape index (κ2) is 11.4. The van der Waals surface area contributed by atoms with Crippen molar-refractivity contribution >= 4 is 63.2 Å². The lowest BCUT2D eigenvalue weighted by Gasteiger charge is -2.14. The van der Waals surface area contributed by atoms with E-state index in [9.17, 15) is 10.1 Å². The lowest BCUT2D eigenvalue weighted by molar-refractivity contribution is -0.112. The van der Waals surface area contributed by atoms with E-state index in [1.165, 1.54) is 13.2 Å². The summed E-state index contributed by atoms with van der Waals surface area (Å²) in [4.78, 5) is 12.7. The fraction of sp³-hybridized carbons (Fsp3) is 0.0714. The molecule has 4 aromatic carbocycles. The molecule has 1 amide bonds. The van der Waals surface area contributed by atoms with E-state index < -0.39 is 5.91 Å². The van der Waals surface area contributed by atoms with E-state index in [1.807, 2.05) is 48.5 Å². The minimum absolute atomic E-state index is 0.159. The molecule has 36 heavy (non-hydrogen) atoms. The topological polar surface area (TPSA) is 71.3 Å². The van der Waals surface area contributed by atoms with E-state index in [0.29, 0.717) is 22.7 Å². The number of rotatable bonds is 7. The van der Waals surface area contributed by atoms with E-state index in [0.717, 1.165) is 16.3 Å². The van der Waals surface area contributed by atoms with Crippen molar-refractivity contribution in [2.75, 3.05) is 12.4 Å². The molecular weight excluding hydrogens is 519 g/mol. The van der Waals surface area contributed by atoms with Crippen LogP contribution in [0.3, 0.4) is 0 Å². The van der Waals surface area contributed by atoms with Crippen LogP contribution < -0.4 is 14.8 Å². The highest BCUT2D eigenvalue weighted by molar-refractivity contribution is 6.44. The Balaban J connectivity index is 1.58. The second-order valence-corrected chi connectivity index (χ2v) is 8.88. The number of methoxy groups -OCH3 is 1. The summed E-state index contributed by atoms with van der Waals surface area (Å²) in [6.45, 7) is 0.277. The van der Waals surface area contributed by atoms with Crippen molar-refractivity contribution in [2.24, 2.45) is 0 Å². The number of fused-ring (bicyclic) bond motifs is 1. The van der Waals surface area contributed by atoms with Crippen LogP contribution in [0, 0.1) is 11.3 Å². The van der Waals surface area contributed by atoms with Gasteiger partial charge in [-0.25, -0.2) is 0 Å². The Labute approximate surface area is 223 Å². The van der Waals surface area contributed by atoms with Crippen molar-refractivity contribution in [1.82, 2.24) is 0 Å². The Morgan fingerprint density at radius 3 is 2.53 bits per heavy atom. The minimum atomic E-state index is -0.645. The zero-order valence-electron chi connectivity index (χ0n) is 19.0. The number of anilines is 1. The van der Waals surface area contributed by atoms with Gasteiger partial charge in [0.1, 0.15) is 18.2 Å². The smallest absolute Gasteiger partial charge is 0.266 e. The average molecular weight is 538 g/mol. The number of halogens is 3. The number of amides is 1. The van der Waals surface area contributed by atoms with Crippen LogP contribution in [0.15, 0.2) is 78.4 Å². The highest BCUT2D eigenvalue weighted by atomic mass is 35.5. The third-order valence-corrected chi connectivity index (χ3v) is 6.48. The lowest BCUT2D eigenvalue weighted by Crippen LogP contribution is -2.13. The molecule has 0 unspecified atom stereocenters. The molecule has 0 aliphatic rings. The summed E-state index contributed by atoms with van der Waals surface area (Å²) in [5, 5.41) is 15.1. The first-order valence-electron chi connectivity index (χ1n) is 10.8. The Hall–Kier alpha value is -3.69. The van der Waals surface area contributed by atoms with Gasteiger partial charge in [0.15, 0.2) is 11.5 Å². The number of carbonyl (C=O) groups excluding carboxylic acids is 1. The number of nitrogens with one attached hydrogen (secondary N) is 1. The Morgan fingerprint density at radius 2 is 1.75 bits per heavy atom. The third kappa shape index (κ3) is 5.58. The maximum Gasteiger partial charge on any atom is 0.266 e. The molecule has 1 N–H and O–H groups in total.